The minimum atomic E-state index is -0.679. The Hall–Kier alpha value is -1.97. The second kappa shape index (κ2) is 5.59. The SMILES string of the molecule is O=C(O)CC1CC2CC(c3ccnc4ccc(F)cc34)CC2C1. The summed E-state index contributed by atoms with van der Waals surface area (Å²) in [7, 11) is 0. The van der Waals surface area contributed by atoms with E-state index in [9.17, 15) is 9.18 Å². The average molecular weight is 313 g/mol. The number of pyridine rings is 1. The van der Waals surface area contributed by atoms with E-state index in [0.717, 1.165) is 36.6 Å². The molecule has 0 radical (unpaired) electrons. The molecule has 4 rings (SSSR count). The summed E-state index contributed by atoms with van der Waals surface area (Å²) < 4.78 is 13.6. The molecule has 4 heteroatoms. The van der Waals surface area contributed by atoms with Gasteiger partial charge in [0.25, 0.3) is 0 Å². The second-order valence-corrected chi connectivity index (χ2v) is 7.19. The Balaban J connectivity index is 1.56. The standard InChI is InChI=1S/C19H20FNO2/c20-15-1-2-18-17(10-15)16(3-4-21-18)14-8-12-5-11(7-19(22)23)6-13(12)9-14/h1-4,10-14H,5-9H2,(H,22,23). The van der Waals surface area contributed by atoms with Gasteiger partial charge in [0, 0.05) is 18.0 Å². The van der Waals surface area contributed by atoms with Crippen LogP contribution in [0.3, 0.4) is 0 Å². The smallest absolute Gasteiger partial charge is 0.303 e. The lowest BCUT2D eigenvalue weighted by atomic mass is 9.90. The number of nitrogens with zero attached hydrogens (tertiary/aromatic N) is 1. The van der Waals surface area contributed by atoms with E-state index in [4.69, 9.17) is 5.11 Å². The van der Waals surface area contributed by atoms with Gasteiger partial charge in [0.1, 0.15) is 5.82 Å². The predicted molar refractivity (Wildman–Crippen MR) is 85.6 cm³/mol. The van der Waals surface area contributed by atoms with Crippen molar-refractivity contribution in [3.8, 4) is 0 Å². The van der Waals surface area contributed by atoms with Gasteiger partial charge in [-0.1, -0.05) is 0 Å². The van der Waals surface area contributed by atoms with Gasteiger partial charge < -0.3 is 5.11 Å². The fraction of sp³-hybridized carbons (Fsp3) is 0.474. The van der Waals surface area contributed by atoms with Crippen molar-refractivity contribution in [3.05, 3.63) is 41.8 Å². The Morgan fingerprint density at radius 2 is 1.91 bits per heavy atom. The van der Waals surface area contributed by atoms with Crippen molar-refractivity contribution in [3.63, 3.8) is 0 Å². The Kier molecular flexibility index (Phi) is 3.55. The van der Waals surface area contributed by atoms with Gasteiger partial charge in [-0.3, -0.25) is 9.78 Å². The Labute approximate surface area is 134 Å². The lowest BCUT2D eigenvalue weighted by Crippen LogP contribution is -2.06. The van der Waals surface area contributed by atoms with Gasteiger partial charge in [0.05, 0.1) is 5.52 Å². The Morgan fingerprint density at radius 1 is 1.17 bits per heavy atom. The molecule has 2 aliphatic carbocycles. The van der Waals surface area contributed by atoms with Gasteiger partial charge in [-0.25, -0.2) is 4.39 Å². The van der Waals surface area contributed by atoms with Gasteiger partial charge in [0.15, 0.2) is 0 Å². The predicted octanol–water partition coefficient (Wildman–Crippen LogP) is 4.37. The maximum absolute atomic E-state index is 13.6. The first-order valence-corrected chi connectivity index (χ1v) is 8.36. The summed E-state index contributed by atoms with van der Waals surface area (Å²) >= 11 is 0. The van der Waals surface area contributed by atoms with Crippen LogP contribution in [0.2, 0.25) is 0 Å². The molecule has 2 aromatic rings. The molecular formula is C19H20FNO2. The molecular weight excluding hydrogens is 293 g/mol. The molecule has 2 aliphatic rings. The molecule has 0 saturated heterocycles. The van der Waals surface area contributed by atoms with Crippen molar-refractivity contribution in [2.24, 2.45) is 17.8 Å². The second-order valence-electron chi connectivity index (χ2n) is 7.19. The third-order valence-electron chi connectivity index (χ3n) is 5.75. The molecule has 0 bridgehead atoms. The van der Waals surface area contributed by atoms with Crippen molar-refractivity contribution in [1.82, 2.24) is 4.98 Å². The number of hydrogen-bond acceptors (Lipinski definition) is 2. The number of hydrogen-bond donors (Lipinski definition) is 1. The summed E-state index contributed by atoms with van der Waals surface area (Å²) in [6, 6.07) is 6.83. The lowest BCUT2D eigenvalue weighted by Gasteiger charge is -2.16. The van der Waals surface area contributed by atoms with Crippen LogP contribution < -0.4 is 0 Å². The fourth-order valence-electron chi connectivity index (χ4n) is 4.91. The minimum absolute atomic E-state index is 0.216. The highest BCUT2D eigenvalue weighted by molar-refractivity contribution is 5.82. The van der Waals surface area contributed by atoms with Crippen LogP contribution in [-0.2, 0) is 4.79 Å². The summed E-state index contributed by atoms with van der Waals surface area (Å²) in [6.07, 6.45) is 6.38. The van der Waals surface area contributed by atoms with Crippen molar-refractivity contribution in [2.45, 2.75) is 38.0 Å². The van der Waals surface area contributed by atoms with E-state index >= 15 is 0 Å². The molecule has 1 aromatic carbocycles. The molecule has 23 heavy (non-hydrogen) atoms. The first kappa shape index (κ1) is 14.6. The summed E-state index contributed by atoms with van der Waals surface area (Å²) in [6.45, 7) is 0. The monoisotopic (exact) mass is 313 g/mol. The van der Waals surface area contributed by atoms with Gasteiger partial charge in [0.2, 0.25) is 0 Å². The topological polar surface area (TPSA) is 50.2 Å². The highest BCUT2D eigenvalue weighted by Crippen LogP contribution is 2.53. The quantitative estimate of drug-likeness (QED) is 0.915. The molecule has 3 nitrogen and oxygen atoms in total. The third-order valence-corrected chi connectivity index (χ3v) is 5.75. The number of carboxylic acid groups (broad SMARTS) is 1. The van der Waals surface area contributed by atoms with Crippen LogP contribution >= 0.6 is 0 Å². The molecule has 2 saturated carbocycles. The molecule has 2 atom stereocenters. The van der Waals surface area contributed by atoms with Gasteiger partial charge in [-0.2, -0.15) is 0 Å². The number of fused-ring (bicyclic) bond motifs is 2. The molecule has 1 aromatic heterocycles. The fourth-order valence-corrected chi connectivity index (χ4v) is 4.91. The van der Waals surface area contributed by atoms with Crippen LogP contribution in [0.4, 0.5) is 4.39 Å². The minimum Gasteiger partial charge on any atom is -0.481 e. The van der Waals surface area contributed by atoms with Gasteiger partial charge in [-0.05, 0) is 79.2 Å². The van der Waals surface area contributed by atoms with Crippen LogP contribution in [0, 0.1) is 23.6 Å². The van der Waals surface area contributed by atoms with Crippen molar-refractivity contribution in [2.75, 3.05) is 0 Å². The number of aliphatic carboxylic acids is 1. The number of benzene rings is 1. The van der Waals surface area contributed by atoms with E-state index in [1.165, 1.54) is 11.6 Å². The largest absolute Gasteiger partial charge is 0.481 e. The normalized spacial score (nSPS) is 29.8. The summed E-state index contributed by atoms with van der Waals surface area (Å²) in [4.78, 5) is 15.2. The maximum atomic E-state index is 13.6. The molecule has 0 amide bonds. The summed E-state index contributed by atoms with van der Waals surface area (Å²) in [5.41, 5.74) is 2.06. The Bertz CT molecular complexity index is 746. The summed E-state index contributed by atoms with van der Waals surface area (Å²) in [5, 5.41) is 9.90. The van der Waals surface area contributed by atoms with Crippen LogP contribution in [-0.4, -0.2) is 16.1 Å². The zero-order valence-corrected chi connectivity index (χ0v) is 12.9. The molecule has 2 unspecified atom stereocenters. The summed E-state index contributed by atoms with van der Waals surface area (Å²) in [5.74, 6) is 1.15. The maximum Gasteiger partial charge on any atom is 0.303 e. The van der Waals surface area contributed by atoms with Crippen molar-refractivity contribution in [1.29, 1.82) is 0 Å². The highest BCUT2D eigenvalue weighted by atomic mass is 19.1. The van der Waals surface area contributed by atoms with E-state index in [1.54, 1.807) is 12.1 Å². The molecule has 1 heterocycles. The van der Waals surface area contributed by atoms with E-state index < -0.39 is 5.97 Å². The lowest BCUT2D eigenvalue weighted by molar-refractivity contribution is -0.138. The molecule has 0 aliphatic heterocycles. The van der Waals surface area contributed by atoms with E-state index in [1.807, 2.05) is 12.3 Å². The van der Waals surface area contributed by atoms with Crippen LogP contribution in [0.1, 0.15) is 43.6 Å². The molecule has 2 fully saturated rings. The first-order chi connectivity index (χ1) is 11.1. The van der Waals surface area contributed by atoms with E-state index in [0.29, 0.717) is 30.1 Å². The van der Waals surface area contributed by atoms with E-state index in [-0.39, 0.29) is 5.82 Å². The van der Waals surface area contributed by atoms with Crippen molar-refractivity contribution >= 4 is 16.9 Å². The van der Waals surface area contributed by atoms with Crippen molar-refractivity contribution < 1.29 is 14.3 Å². The number of aromatic nitrogens is 1. The molecule has 1 N–H and O–H groups in total. The number of rotatable bonds is 3. The van der Waals surface area contributed by atoms with Crippen LogP contribution in [0.5, 0.6) is 0 Å². The van der Waals surface area contributed by atoms with Gasteiger partial charge in [-0.15, -0.1) is 0 Å². The Morgan fingerprint density at radius 3 is 2.61 bits per heavy atom. The van der Waals surface area contributed by atoms with Crippen LogP contribution in [0.25, 0.3) is 10.9 Å². The zero-order valence-electron chi connectivity index (χ0n) is 12.9. The number of carbonyl (C=O) groups is 1. The zero-order chi connectivity index (χ0) is 16.0. The molecule has 0 spiro atoms. The van der Waals surface area contributed by atoms with Crippen LogP contribution in [0.15, 0.2) is 30.5 Å². The van der Waals surface area contributed by atoms with Gasteiger partial charge >= 0.3 is 5.97 Å². The first-order valence-electron chi connectivity index (χ1n) is 8.36. The number of carboxylic acids is 1. The average Bonchev–Trinajstić information content (AvgIpc) is 3.04. The third kappa shape index (κ3) is 2.71. The molecule has 120 valence electrons. The number of halogens is 1. The van der Waals surface area contributed by atoms with E-state index in [2.05, 4.69) is 4.98 Å². The highest BCUT2D eigenvalue weighted by Gasteiger charge is 2.42.